The first-order chi connectivity index (χ1) is 11.2. The Morgan fingerprint density at radius 3 is 2.39 bits per heavy atom. The second kappa shape index (κ2) is 8.34. The molecule has 0 atom stereocenters. The summed E-state index contributed by atoms with van der Waals surface area (Å²) >= 11 is 0. The zero-order chi connectivity index (χ0) is 16.7. The molecule has 0 spiro atoms. The maximum Gasteiger partial charge on any atom is 0.253 e. The van der Waals surface area contributed by atoms with Crippen LogP contribution < -0.4 is 10.5 Å². The van der Waals surface area contributed by atoms with Crippen LogP contribution in [0.3, 0.4) is 0 Å². The van der Waals surface area contributed by atoms with Gasteiger partial charge in [0, 0.05) is 30.8 Å². The Morgan fingerprint density at radius 2 is 1.78 bits per heavy atom. The molecule has 2 N–H and O–H groups in total. The number of nitrogens with two attached hydrogens (primary N) is 1. The lowest BCUT2D eigenvalue weighted by atomic mass is 10.1. The third-order valence-corrected chi connectivity index (χ3v) is 3.82. The van der Waals surface area contributed by atoms with Gasteiger partial charge < -0.3 is 15.4 Å². The molecule has 0 bridgehead atoms. The molecule has 4 heteroatoms. The van der Waals surface area contributed by atoms with Gasteiger partial charge in [0.15, 0.2) is 0 Å². The number of carbonyl (C=O) groups is 1. The van der Waals surface area contributed by atoms with E-state index >= 15 is 0 Å². The average Bonchev–Trinajstić information content (AvgIpc) is 2.61. The predicted molar refractivity (Wildman–Crippen MR) is 92.4 cm³/mol. The topological polar surface area (TPSA) is 55.6 Å². The molecule has 0 saturated heterocycles. The van der Waals surface area contributed by atoms with Crippen molar-refractivity contribution in [1.29, 1.82) is 0 Å². The largest absolute Gasteiger partial charge is 0.489 e. The lowest BCUT2D eigenvalue weighted by Gasteiger charge is -2.19. The molecule has 0 aliphatic carbocycles. The minimum absolute atomic E-state index is 0.0271. The van der Waals surface area contributed by atoms with Gasteiger partial charge in [0.25, 0.3) is 5.91 Å². The normalized spacial score (nSPS) is 10.4. The highest BCUT2D eigenvalue weighted by atomic mass is 16.5. The van der Waals surface area contributed by atoms with Gasteiger partial charge in [-0.15, -0.1) is 0 Å². The van der Waals surface area contributed by atoms with Gasteiger partial charge in [-0.2, -0.15) is 0 Å². The summed E-state index contributed by atoms with van der Waals surface area (Å²) in [5.41, 5.74) is 8.42. The Kier molecular flexibility index (Phi) is 6.18. The van der Waals surface area contributed by atoms with E-state index in [1.807, 2.05) is 56.3 Å². The lowest BCUT2D eigenvalue weighted by Crippen LogP contribution is -2.30. The standard InChI is InChI=1S/C19H24N2O2/c1-3-21(4-2)19(22)16-10-11-18(17(12-16)13-20)23-14-15-8-6-5-7-9-15/h5-12H,3-4,13-14,20H2,1-2H3. The first kappa shape index (κ1) is 17.0. The molecule has 0 aromatic heterocycles. The van der Waals surface area contributed by atoms with Crippen LogP contribution in [0.2, 0.25) is 0 Å². The van der Waals surface area contributed by atoms with E-state index in [0.717, 1.165) is 16.9 Å². The number of nitrogens with zero attached hydrogens (tertiary/aromatic N) is 1. The smallest absolute Gasteiger partial charge is 0.253 e. The van der Waals surface area contributed by atoms with Crippen LogP contribution in [-0.4, -0.2) is 23.9 Å². The van der Waals surface area contributed by atoms with Gasteiger partial charge in [-0.05, 0) is 37.6 Å². The van der Waals surface area contributed by atoms with Crippen molar-refractivity contribution in [2.24, 2.45) is 5.73 Å². The van der Waals surface area contributed by atoms with Gasteiger partial charge in [0.05, 0.1) is 0 Å². The zero-order valence-electron chi connectivity index (χ0n) is 13.8. The van der Waals surface area contributed by atoms with Gasteiger partial charge in [0.1, 0.15) is 12.4 Å². The molecule has 122 valence electrons. The van der Waals surface area contributed by atoms with E-state index in [1.54, 1.807) is 11.0 Å². The molecule has 0 aliphatic heterocycles. The number of amides is 1. The zero-order valence-corrected chi connectivity index (χ0v) is 13.8. The van der Waals surface area contributed by atoms with E-state index in [1.165, 1.54) is 0 Å². The maximum atomic E-state index is 12.4. The van der Waals surface area contributed by atoms with Crippen molar-refractivity contribution in [3.63, 3.8) is 0 Å². The van der Waals surface area contributed by atoms with Crippen molar-refractivity contribution < 1.29 is 9.53 Å². The number of rotatable bonds is 7. The minimum Gasteiger partial charge on any atom is -0.489 e. The van der Waals surface area contributed by atoms with Crippen LogP contribution >= 0.6 is 0 Å². The van der Waals surface area contributed by atoms with Crippen LogP contribution in [0, 0.1) is 0 Å². The number of hydrogen-bond acceptors (Lipinski definition) is 3. The van der Waals surface area contributed by atoms with Gasteiger partial charge in [-0.3, -0.25) is 4.79 Å². The number of benzene rings is 2. The second-order valence-corrected chi connectivity index (χ2v) is 5.28. The Balaban J connectivity index is 2.14. The Bertz CT molecular complexity index is 637. The second-order valence-electron chi connectivity index (χ2n) is 5.28. The molecule has 0 unspecified atom stereocenters. The van der Waals surface area contributed by atoms with Crippen LogP contribution in [0.4, 0.5) is 0 Å². The van der Waals surface area contributed by atoms with Crippen molar-refractivity contribution in [2.75, 3.05) is 13.1 Å². The summed E-state index contributed by atoms with van der Waals surface area (Å²) < 4.78 is 5.86. The molecular formula is C19H24N2O2. The van der Waals surface area contributed by atoms with Gasteiger partial charge >= 0.3 is 0 Å². The van der Waals surface area contributed by atoms with Gasteiger partial charge in [-0.25, -0.2) is 0 Å². The van der Waals surface area contributed by atoms with Crippen LogP contribution in [-0.2, 0) is 13.2 Å². The summed E-state index contributed by atoms with van der Waals surface area (Å²) in [4.78, 5) is 14.2. The molecule has 0 fully saturated rings. The Labute approximate surface area is 137 Å². The van der Waals surface area contributed by atoms with Crippen molar-refractivity contribution in [3.05, 3.63) is 65.2 Å². The summed E-state index contributed by atoms with van der Waals surface area (Å²) in [6.45, 7) is 6.16. The molecular weight excluding hydrogens is 288 g/mol. The van der Waals surface area contributed by atoms with E-state index in [4.69, 9.17) is 10.5 Å². The molecule has 2 rings (SSSR count). The summed E-state index contributed by atoms with van der Waals surface area (Å²) in [7, 11) is 0. The molecule has 2 aromatic rings. The van der Waals surface area contributed by atoms with E-state index in [9.17, 15) is 4.79 Å². The number of hydrogen-bond donors (Lipinski definition) is 1. The summed E-state index contributed by atoms with van der Waals surface area (Å²) in [5.74, 6) is 0.756. The molecule has 0 saturated carbocycles. The van der Waals surface area contributed by atoms with Gasteiger partial charge in [0.2, 0.25) is 0 Å². The average molecular weight is 312 g/mol. The third kappa shape index (κ3) is 4.33. The fourth-order valence-electron chi connectivity index (χ4n) is 2.44. The summed E-state index contributed by atoms with van der Waals surface area (Å²) in [6.07, 6.45) is 0. The van der Waals surface area contributed by atoms with E-state index < -0.39 is 0 Å². The lowest BCUT2D eigenvalue weighted by molar-refractivity contribution is 0.0773. The molecule has 2 aromatic carbocycles. The van der Waals surface area contributed by atoms with Crippen molar-refractivity contribution >= 4 is 5.91 Å². The number of ether oxygens (including phenoxy) is 1. The summed E-state index contributed by atoms with van der Waals surface area (Å²) in [6, 6.07) is 15.4. The monoisotopic (exact) mass is 312 g/mol. The van der Waals surface area contributed by atoms with E-state index in [-0.39, 0.29) is 5.91 Å². The SMILES string of the molecule is CCN(CC)C(=O)c1ccc(OCc2ccccc2)c(CN)c1. The minimum atomic E-state index is 0.0271. The molecule has 0 radical (unpaired) electrons. The Hall–Kier alpha value is -2.33. The van der Waals surface area contributed by atoms with Crippen molar-refractivity contribution in [3.8, 4) is 5.75 Å². The van der Waals surface area contributed by atoms with Gasteiger partial charge in [-0.1, -0.05) is 30.3 Å². The fourth-order valence-corrected chi connectivity index (χ4v) is 2.44. The van der Waals surface area contributed by atoms with Crippen LogP contribution in [0.25, 0.3) is 0 Å². The summed E-state index contributed by atoms with van der Waals surface area (Å²) in [5, 5.41) is 0. The molecule has 23 heavy (non-hydrogen) atoms. The quantitative estimate of drug-likeness (QED) is 0.854. The highest BCUT2D eigenvalue weighted by molar-refractivity contribution is 5.94. The number of carbonyl (C=O) groups excluding carboxylic acids is 1. The maximum absolute atomic E-state index is 12.4. The highest BCUT2D eigenvalue weighted by Crippen LogP contribution is 2.22. The molecule has 1 amide bonds. The highest BCUT2D eigenvalue weighted by Gasteiger charge is 2.14. The molecule has 4 nitrogen and oxygen atoms in total. The van der Waals surface area contributed by atoms with Crippen LogP contribution in [0.5, 0.6) is 5.75 Å². The fraction of sp³-hybridized carbons (Fsp3) is 0.316. The molecule has 0 heterocycles. The predicted octanol–water partition coefficient (Wildman–Crippen LogP) is 3.21. The first-order valence-corrected chi connectivity index (χ1v) is 7.98. The van der Waals surface area contributed by atoms with Crippen molar-refractivity contribution in [1.82, 2.24) is 4.90 Å². The van der Waals surface area contributed by atoms with E-state index in [2.05, 4.69) is 0 Å². The van der Waals surface area contributed by atoms with Crippen LogP contribution in [0.1, 0.15) is 35.3 Å². The third-order valence-electron chi connectivity index (χ3n) is 3.82. The Morgan fingerprint density at radius 1 is 1.09 bits per heavy atom. The first-order valence-electron chi connectivity index (χ1n) is 7.98. The van der Waals surface area contributed by atoms with E-state index in [0.29, 0.717) is 31.8 Å². The van der Waals surface area contributed by atoms with Crippen molar-refractivity contribution in [2.45, 2.75) is 27.0 Å². The van der Waals surface area contributed by atoms with Crippen LogP contribution in [0.15, 0.2) is 48.5 Å². The molecule has 0 aliphatic rings.